The van der Waals surface area contributed by atoms with Gasteiger partial charge in [-0.05, 0) is 25.3 Å². The lowest BCUT2D eigenvalue weighted by Gasteiger charge is -2.58. The van der Waals surface area contributed by atoms with Crippen LogP contribution in [0, 0.1) is 5.92 Å². The molecule has 4 rings (SSSR count). The molecule has 0 radical (unpaired) electrons. The summed E-state index contributed by atoms with van der Waals surface area (Å²) in [5.74, 6) is -3.36. The number of ether oxygens (including phenoxy) is 4. The van der Waals surface area contributed by atoms with Crippen molar-refractivity contribution in [1.82, 2.24) is 10.2 Å². The lowest BCUT2D eigenvalue weighted by atomic mass is 9.74. The predicted molar refractivity (Wildman–Crippen MR) is 131 cm³/mol. The molecule has 3 aliphatic rings. The van der Waals surface area contributed by atoms with E-state index < -0.39 is 72.6 Å². The van der Waals surface area contributed by atoms with Crippen LogP contribution in [-0.2, 0) is 30.3 Å². The molecule has 0 aromatic heterocycles. The number of nitrogens with one attached hydrogen (secondary N) is 1. The Labute approximate surface area is 221 Å². The van der Waals surface area contributed by atoms with Gasteiger partial charge in [-0.1, -0.05) is 37.3 Å². The van der Waals surface area contributed by atoms with Gasteiger partial charge in [-0.15, -0.1) is 0 Å². The molecule has 0 spiro atoms. The van der Waals surface area contributed by atoms with Gasteiger partial charge in [0.15, 0.2) is 0 Å². The van der Waals surface area contributed by atoms with Crippen molar-refractivity contribution >= 4 is 12.0 Å². The molecule has 38 heavy (non-hydrogen) atoms. The van der Waals surface area contributed by atoms with Crippen LogP contribution < -0.4 is 5.32 Å². The van der Waals surface area contributed by atoms with Crippen LogP contribution in [0.4, 0.5) is 4.79 Å². The van der Waals surface area contributed by atoms with Crippen molar-refractivity contribution in [2.75, 3.05) is 13.7 Å². The predicted octanol–water partition coefficient (Wildman–Crippen LogP) is -0.140. The van der Waals surface area contributed by atoms with Crippen molar-refractivity contribution in [3.05, 3.63) is 35.9 Å². The van der Waals surface area contributed by atoms with Crippen molar-refractivity contribution in [3.8, 4) is 0 Å². The first kappa shape index (κ1) is 28.7. The van der Waals surface area contributed by atoms with Gasteiger partial charge in [0.25, 0.3) is 0 Å². The van der Waals surface area contributed by atoms with Crippen LogP contribution in [0.2, 0.25) is 0 Å². The summed E-state index contributed by atoms with van der Waals surface area (Å²) in [6.07, 6.45) is -6.80. The number of carbonyl (C=O) groups excluding carboxylic acids is 2. The Balaban J connectivity index is 1.60. The average Bonchev–Trinajstić information content (AvgIpc) is 2.88. The minimum atomic E-state index is -2.19. The maximum Gasteiger partial charge on any atom is 0.410 e. The Hall–Kier alpha value is -2.32. The number of hydrogen-bond donors (Lipinski definition) is 5. The molecule has 12 nitrogen and oxygen atoms in total. The second kappa shape index (κ2) is 11.8. The van der Waals surface area contributed by atoms with Gasteiger partial charge in [0.1, 0.15) is 18.8 Å². The fraction of sp³-hybridized carbons (Fsp3) is 0.692. The monoisotopic (exact) mass is 538 g/mol. The van der Waals surface area contributed by atoms with E-state index in [2.05, 4.69) is 5.32 Å². The molecule has 0 unspecified atom stereocenters. The third kappa shape index (κ3) is 5.53. The second-order valence-corrected chi connectivity index (χ2v) is 10.2. The molecule has 2 saturated heterocycles. The zero-order valence-corrected chi connectivity index (χ0v) is 21.8. The number of fused-ring (bicyclic) bond motifs is 2. The summed E-state index contributed by atoms with van der Waals surface area (Å²) in [7, 11) is 1.45. The standard InChI is InChI=1S/C26H38N2O10/c1-4-16-20(31)19(28(3)25(33)35-13-15-8-6-5-7-9-15)22-23(21(16)32)37-24-26(34,38-22)17(12-14(2)36-24)27-18(30)10-11-29/h5-9,14,16-17,19-24,29,31-32,34H,4,10-13H2,1-3H3,(H,27,30)/t14-,16-,17-,19+,20+,21+,22-,23-,24+,26+/m1/s1. The fourth-order valence-corrected chi connectivity index (χ4v) is 5.64. The van der Waals surface area contributed by atoms with Gasteiger partial charge in [-0.25, -0.2) is 4.79 Å². The maximum atomic E-state index is 13.1. The number of nitrogens with zero attached hydrogens (tertiary/aromatic N) is 1. The largest absolute Gasteiger partial charge is 0.445 e. The Morgan fingerprint density at radius 1 is 1.16 bits per heavy atom. The molecule has 0 bridgehead atoms. The van der Waals surface area contributed by atoms with Crippen molar-refractivity contribution in [1.29, 1.82) is 0 Å². The quantitative estimate of drug-likeness (QED) is 0.315. The van der Waals surface area contributed by atoms with Gasteiger partial charge < -0.3 is 49.6 Å². The summed E-state index contributed by atoms with van der Waals surface area (Å²) < 4.78 is 23.5. The average molecular weight is 539 g/mol. The molecule has 3 fully saturated rings. The molecule has 5 N–H and O–H groups in total. The number of rotatable bonds is 7. The van der Waals surface area contributed by atoms with Crippen LogP contribution in [0.1, 0.15) is 38.7 Å². The highest BCUT2D eigenvalue weighted by Gasteiger charge is 2.64. The molecule has 2 aliphatic heterocycles. The molecule has 212 valence electrons. The molecule has 1 aromatic carbocycles. The molecular weight excluding hydrogens is 500 g/mol. The van der Waals surface area contributed by atoms with Crippen LogP contribution in [0.15, 0.2) is 30.3 Å². The number of carbonyl (C=O) groups is 2. The molecule has 10 atom stereocenters. The van der Waals surface area contributed by atoms with E-state index in [9.17, 15) is 24.9 Å². The third-order valence-corrected chi connectivity index (χ3v) is 7.68. The molecule has 2 heterocycles. The van der Waals surface area contributed by atoms with E-state index in [0.29, 0.717) is 6.42 Å². The molecule has 1 aromatic rings. The van der Waals surface area contributed by atoms with Crippen LogP contribution >= 0.6 is 0 Å². The summed E-state index contributed by atoms with van der Waals surface area (Å²) in [5.41, 5.74) is 0.780. The topological polar surface area (TPSA) is 167 Å². The SMILES string of the molecule is CC[C@H]1[C@H](O)[C@H]2O[C@@H]3O[C@H](C)C[C@@H](NC(=O)CCO)[C@]3(O)O[C@@H]2[C@@H](N(C)C(=O)OCc2ccccc2)[C@H]1O. The minimum absolute atomic E-state index is 0.00875. The van der Waals surface area contributed by atoms with Crippen molar-refractivity contribution in [2.24, 2.45) is 5.92 Å². The van der Waals surface area contributed by atoms with E-state index in [4.69, 9.17) is 24.1 Å². The van der Waals surface area contributed by atoms with E-state index in [0.717, 1.165) is 5.56 Å². The van der Waals surface area contributed by atoms with E-state index in [1.165, 1.54) is 11.9 Å². The van der Waals surface area contributed by atoms with Gasteiger partial charge >= 0.3 is 6.09 Å². The highest BCUT2D eigenvalue weighted by Crippen LogP contribution is 2.44. The number of likely N-dealkylation sites (N-methyl/N-ethyl adjacent to an activating group) is 1. The Kier molecular flexibility index (Phi) is 8.92. The van der Waals surface area contributed by atoms with Gasteiger partial charge in [-0.3, -0.25) is 4.79 Å². The summed E-state index contributed by atoms with van der Waals surface area (Å²) in [5, 5.41) is 45.9. The summed E-state index contributed by atoms with van der Waals surface area (Å²) in [4.78, 5) is 26.5. The van der Waals surface area contributed by atoms with Crippen molar-refractivity contribution in [2.45, 2.75) is 94.4 Å². The lowest BCUT2D eigenvalue weighted by Crippen LogP contribution is -2.77. The maximum absolute atomic E-state index is 13.1. The van der Waals surface area contributed by atoms with Gasteiger partial charge in [-0.2, -0.15) is 0 Å². The van der Waals surface area contributed by atoms with Crippen LogP contribution in [0.25, 0.3) is 0 Å². The first-order chi connectivity index (χ1) is 18.1. The van der Waals surface area contributed by atoms with E-state index >= 15 is 0 Å². The van der Waals surface area contributed by atoms with Gasteiger partial charge in [0.05, 0.1) is 37.0 Å². The minimum Gasteiger partial charge on any atom is -0.445 e. The fourth-order valence-electron chi connectivity index (χ4n) is 5.64. The number of aliphatic hydroxyl groups is 4. The van der Waals surface area contributed by atoms with Crippen molar-refractivity contribution in [3.63, 3.8) is 0 Å². The van der Waals surface area contributed by atoms with Crippen molar-refractivity contribution < 1.29 is 49.0 Å². The van der Waals surface area contributed by atoms with E-state index in [-0.39, 0.29) is 26.1 Å². The summed E-state index contributed by atoms with van der Waals surface area (Å²) >= 11 is 0. The van der Waals surface area contributed by atoms with E-state index in [1.54, 1.807) is 13.8 Å². The zero-order valence-electron chi connectivity index (χ0n) is 21.8. The summed E-state index contributed by atoms with van der Waals surface area (Å²) in [6.45, 7) is 3.18. The molecule has 1 saturated carbocycles. The lowest BCUT2D eigenvalue weighted by molar-refractivity contribution is -0.452. The van der Waals surface area contributed by atoms with Crippen LogP contribution in [0.5, 0.6) is 0 Å². The molecule has 12 heteroatoms. The second-order valence-electron chi connectivity index (χ2n) is 10.2. The molecular formula is C26H38N2O10. The van der Waals surface area contributed by atoms with Crippen LogP contribution in [-0.4, -0.2) is 106 Å². The molecule has 1 aliphatic carbocycles. The summed E-state index contributed by atoms with van der Waals surface area (Å²) in [6, 6.07) is 7.07. The number of amides is 2. The first-order valence-corrected chi connectivity index (χ1v) is 13.0. The highest BCUT2D eigenvalue weighted by atomic mass is 16.8. The van der Waals surface area contributed by atoms with Gasteiger partial charge in [0, 0.05) is 19.4 Å². The Bertz CT molecular complexity index is 967. The normalized spacial score (nSPS) is 38.4. The number of hydrogen-bond acceptors (Lipinski definition) is 10. The zero-order chi connectivity index (χ0) is 27.6. The number of aliphatic hydroxyl groups excluding tert-OH is 3. The third-order valence-electron chi connectivity index (χ3n) is 7.68. The first-order valence-electron chi connectivity index (χ1n) is 13.0. The smallest absolute Gasteiger partial charge is 0.410 e. The van der Waals surface area contributed by atoms with E-state index in [1.807, 2.05) is 30.3 Å². The highest BCUT2D eigenvalue weighted by molar-refractivity contribution is 5.76. The number of benzene rings is 1. The Morgan fingerprint density at radius 3 is 2.53 bits per heavy atom. The molecule has 2 amide bonds. The van der Waals surface area contributed by atoms with Crippen LogP contribution in [0.3, 0.4) is 0 Å². The Morgan fingerprint density at radius 2 is 1.87 bits per heavy atom. The van der Waals surface area contributed by atoms with Gasteiger partial charge in [0.2, 0.25) is 18.0 Å².